The van der Waals surface area contributed by atoms with Gasteiger partial charge in [0.05, 0.1) is 16.5 Å². The highest BCUT2D eigenvalue weighted by Gasteiger charge is 2.18. The van der Waals surface area contributed by atoms with Crippen LogP contribution in [0.4, 0.5) is 10.1 Å². The lowest BCUT2D eigenvalue weighted by Crippen LogP contribution is -2.28. The molecule has 128 valence electrons. The molecule has 0 saturated heterocycles. The molecule has 0 radical (unpaired) electrons. The van der Waals surface area contributed by atoms with Crippen LogP contribution in [0, 0.1) is 5.82 Å². The van der Waals surface area contributed by atoms with Crippen molar-refractivity contribution < 1.29 is 9.18 Å². The maximum Gasteiger partial charge on any atom is 0.276 e. The summed E-state index contributed by atoms with van der Waals surface area (Å²) in [5, 5.41) is 7.63. The lowest BCUT2D eigenvalue weighted by atomic mass is 10.1. The zero-order valence-corrected chi connectivity index (χ0v) is 14.3. The lowest BCUT2D eigenvalue weighted by molar-refractivity contribution is 0.102. The summed E-state index contributed by atoms with van der Waals surface area (Å²) in [7, 11) is 0. The molecule has 0 unspecified atom stereocenters. The molecule has 2 aromatic carbocycles. The fraction of sp³-hybridized carbons (Fsp3) is 0.167. The molecule has 0 spiro atoms. The number of halogens is 2. The number of nitrogens with zero attached hydrogens (tertiary/aromatic N) is 2. The summed E-state index contributed by atoms with van der Waals surface area (Å²) in [5.41, 5.74) is 0.195. The molecular weight excluding hydrogens is 345 g/mol. The molecule has 1 N–H and O–H groups in total. The summed E-state index contributed by atoms with van der Waals surface area (Å²) in [6.07, 6.45) is 0. The molecule has 0 saturated carbocycles. The summed E-state index contributed by atoms with van der Waals surface area (Å²) in [4.78, 5) is 25.2. The zero-order chi connectivity index (χ0) is 18.1. The monoisotopic (exact) mass is 359 g/mol. The van der Waals surface area contributed by atoms with Gasteiger partial charge in [-0.15, -0.1) is 0 Å². The first-order chi connectivity index (χ1) is 11.9. The Labute approximate surface area is 148 Å². The largest absolute Gasteiger partial charge is 0.321 e. The third-order valence-electron chi connectivity index (χ3n) is 3.71. The average molecular weight is 360 g/mol. The molecule has 3 aromatic rings. The Bertz CT molecular complexity index is 1030. The van der Waals surface area contributed by atoms with Gasteiger partial charge in [0.1, 0.15) is 5.82 Å². The Kier molecular flexibility index (Phi) is 4.55. The van der Waals surface area contributed by atoms with Crippen LogP contribution in [0.1, 0.15) is 30.4 Å². The molecule has 1 aromatic heterocycles. The van der Waals surface area contributed by atoms with Gasteiger partial charge in [-0.25, -0.2) is 9.07 Å². The van der Waals surface area contributed by atoms with E-state index in [-0.39, 0.29) is 22.3 Å². The maximum absolute atomic E-state index is 13.3. The highest BCUT2D eigenvalue weighted by molar-refractivity contribution is 6.31. The number of nitrogens with one attached hydrogen (secondary N) is 1. The standard InChI is InChI=1S/C18H15ClFN3O2/c1-10(2)23-18(25)13-6-4-3-5-12(13)16(22-23)17(24)21-11-7-8-15(20)14(19)9-11/h3-10H,1-2H3,(H,21,24). The number of amides is 1. The molecule has 1 amide bonds. The Hall–Kier alpha value is -2.73. The van der Waals surface area contributed by atoms with Crippen LogP contribution in [0.2, 0.25) is 5.02 Å². The van der Waals surface area contributed by atoms with Crippen molar-refractivity contribution in [3.8, 4) is 0 Å². The number of carbonyl (C=O) groups is 1. The van der Waals surface area contributed by atoms with Gasteiger partial charge in [-0.05, 0) is 38.1 Å². The first-order valence-corrected chi connectivity index (χ1v) is 8.04. The summed E-state index contributed by atoms with van der Waals surface area (Å²) >= 11 is 5.74. The fourth-order valence-electron chi connectivity index (χ4n) is 2.49. The summed E-state index contributed by atoms with van der Waals surface area (Å²) < 4.78 is 14.5. The van der Waals surface area contributed by atoms with Gasteiger partial charge in [0.2, 0.25) is 0 Å². The van der Waals surface area contributed by atoms with E-state index in [1.54, 1.807) is 24.3 Å². The normalized spacial score (nSPS) is 11.1. The number of carbonyl (C=O) groups excluding carboxylic acids is 1. The van der Waals surface area contributed by atoms with E-state index in [4.69, 9.17) is 11.6 Å². The van der Waals surface area contributed by atoms with Gasteiger partial charge < -0.3 is 5.32 Å². The van der Waals surface area contributed by atoms with Crippen LogP contribution in [0.15, 0.2) is 47.3 Å². The molecule has 3 rings (SSSR count). The number of benzene rings is 2. The van der Waals surface area contributed by atoms with Crippen LogP contribution >= 0.6 is 11.6 Å². The van der Waals surface area contributed by atoms with E-state index in [0.29, 0.717) is 16.5 Å². The minimum absolute atomic E-state index is 0.0947. The van der Waals surface area contributed by atoms with E-state index in [2.05, 4.69) is 10.4 Å². The van der Waals surface area contributed by atoms with Crippen LogP contribution in [0.3, 0.4) is 0 Å². The highest BCUT2D eigenvalue weighted by atomic mass is 35.5. The minimum Gasteiger partial charge on any atom is -0.321 e. The topological polar surface area (TPSA) is 64.0 Å². The highest BCUT2D eigenvalue weighted by Crippen LogP contribution is 2.21. The van der Waals surface area contributed by atoms with Gasteiger partial charge in [0, 0.05) is 11.1 Å². The lowest BCUT2D eigenvalue weighted by Gasteiger charge is -2.13. The molecule has 7 heteroatoms. The Morgan fingerprint density at radius 1 is 1.20 bits per heavy atom. The van der Waals surface area contributed by atoms with Crippen LogP contribution in [0.5, 0.6) is 0 Å². The van der Waals surface area contributed by atoms with Crippen LogP contribution in [0.25, 0.3) is 10.8 Å². The molecule has 0 aliphatic rings. The number of rotatable bonds is 3. The quantitative estimate of drug-likeness (QED) is 0.768. The van der Waals surface area contributed by atoms with Gasteiger partial charge in [-0.2, -0.15) is 5.10 Å². The number of fused-ring (bicyclic) bond motifs is 1. The molecule has 25 heavy (non-hydrogen) atoms. The summed E-state index contributed by atoms with van der Waals surface area (Å²) in [5.74, 6) is -1.08. The van der Waals surface area contributed by atoms with Gasteiger partial charge in [-0.1, -0.05) is 29.8 Å². The van der Waals surface area contributed by atoms with Crippen molar-refractivity contribution in [1.29, 1.82) is 0 Å². The minimum atomic E-state index is -0.573. The smallest absolute Gasteiger partial charge is 0.276 e. The summed E-state index contributed by atoms with van der Waals surface area (Å²) in [6, 6.07) is 10.5. The molecule has 0 fully saturated rings. The number of aromatic nitrogens is 2. The molecule has 0 aliphatic heterocycles. The van der Waals surface area contributed by atoms with Gasteiger partial charge in [0.15, 0.2) is 5.69 Å². The summed E-state index contributed by atoms with van der Waals surface area (Å²) in [6.45, 7) is 3.62. The SMILES string of the molecule is CC(C)n1nc(C(=O)Nc2ccc(F)c(Cl)c2)c2ccccc2c1=O. The zero-order valence-electron chi connectivity index (χ0n) is 13.6. The Balaban J connectivity index is 2.10. The molecule has 0 atom stereocenters. The second-order valence-corrected chi connectivity index (χ2v) is 6.23. The Morgan fingerprint density at radius 3 is 2.52 bits per heavy atom. The van der Waals surface area contributed by atoms with E-state index in [9.17, 15) is 14.0 Å². The van der Waals surface area contributed by atoms with Crippen molar-refractivity contribution in [2.45, 2.75) is 19.9 Å². The third-order valence-corrected chi connectivity index (χ3v) is 4.00. The van der Waals surface area contributed by atoms with Crippen molar-refractivity contribution >= 4 is 34.0 Å². The molecule has 0 aliphatic carbocycles. The van der Waals surface area contributed by atoms with Crippen molar-refractivity contribution in [3.05, 3.63) is 69.4 Å². The van der Waals surface area contributed by atoms with Gasteiger partial charge in [0.25, 0.3) is 11.5 Å². The van der Waals surface area contributed by atoms with Crippen molar-refractivity contribution in [2.75, 3.05) is 5.32 Å². The first-order valence-electron chi connectivity index (χ1n) is 7.66. The van der Waals surface area contributed by atoms with Crippen LogP contribution in [-0.4, -0.2) is 15.7 Å². The van der Waals surface area contributed by atoms with Gasteiger partial charge in [-0.3, -0.25) is 9.59 Å². The number of hydrogen-bond acceptors (Lipinski definition) is 3. The van der Waals surface area contributed by atoms with Crippen LogP contribution in [-0.2, 0) is 0 Å². The molecule has 0 bridgehead atoms. The van der Waals surface area contributed by atoms with E-state index < -0.39 is 11.7 Å². The maximum atomic E-state index is 13.3. The Morgan fingerprint density at radius 2 is 1.88 bits per heavy atom. The molecule has 5 nitrogen and oxygen atoms in total. The number of anilines is 1. The second-order valence-electron chi connectivity index (χ2n) is 5.82. The van der Waals surface area contributed by atoms with E-state index in [1.807, 2.05) is 13.8 Å². The van der Waals surface area contributed by atoms with E-state index >= 15 is 0 Å². The predicted molar refractivity (Wildman–Crippen MR) is 95.8 cm³/mol. The van der Waals surface area contributed by atoms with Crippen LogP contribution < -0.4 is 10.9 Å². The number of hydrogen-bond donors (Lipinski definition) is 1. The van der Waals surface area contributed by atoms with Gasteiger partial charge >= 0.3 is 0 Å². The molecular formula is C18H15ClFN3O2. The third kappa shape index (κ3) is 3.25. The van der Waals surface area contributed by atoms with Crippen molar-refractivity contribution in [3.63, 3.8) is 0 Å². The first kappa shape index (κ1) is 17.1. The van der Waals surface area contributed by atoms with E-state index in [1.165, 1.54) is 22.9 Å². The van der Waals surface area contributed by atoms with E-state index in [0.717, 1.165) is 0 Å². The van der Waals surface area contributed by atoms with Crippen molar-refractivity contribution in [2.24, 2.45) is 0 Å². The predicted octanol–water partition coefficient (Wildman–Crippen LogP) is 4.02. The van der Waals surface area contributed by atoms with Crippen molar-refractivity contribution in [1.82, 2.24) is 9.78 Å². The molecule has 1 heterocycles. The fourth-order valence-corrected chi connectivity index (χ4v) is 2.67. The average Bonchev–Trinajstić information content (AvgIpc) is 2.58. The second kappa shape index (κ2) is 6.64.